The molecule has 82 valence electrons. The zero-order chi connectivity index (χ0) is 10.1. The molecule has 1 unspecified atom stereocenters. The van der Waals surface area contributed by atoms with Gasteiger partial charge in [0.2, 0.25) is 0 Å². The normalized spacial score (nSPS) is 31.2. The van der Waals surface area contributed by atoms with Crippen molar-refractivity contribution in [3.8, 4) is 0 Å². The van der Waals surface area contributed by atoms with Gasteiger partial charge >= 0.3 is 0 Å². The number of H-pyrrole nitrogens is 1. The van der Waals surface area contributed by atoms with Crippen LogP contribution >= 0.6 is 0 Å². The van der Waals surface area contributed by atoms with E-state index in [2.05, 4.69) is 20.6 Å². The molecule has 0 amide bonds. The first-order valence-electron chi connectivity index (χ1n) is 5.89. The SMILES string of the molecule is c1nc2c([nH]1)CCNC21CCCNCC1. The summed E-state index contributed by atoms with van der Waals surface area (Å²) in [5, 5.41) is 7.16. The molecule has 4 nitrogen and oxygen atoms in total. The third-order valence-corrected chi connectivity index (χ3v) is 3.70. The second kappa shape index (κ2) is 3.61. The van der Waals surface area contributed by atoms with Gasteiger partial charge in [-0.2, -0.15) is 0 Å². The molecule has 0 radical (unpaired) electrons. The lowest BCUT2D eigenvalue weighted by molar-refractivity contribution is 0.274. The van der Waals surface area contributed by atoms with Gasteiger partial charge in [-0.1, -0.05) is 0 Å². The maximum absolute atomic E-state index is 4.53. The lowest BCUT2D eigenvalue weighted by Crippen LogP contribution is -2.48. The van der Waals surface area contributed by atoms with E-state index in [0.29, 0.717) is 0 Å². The molecule has 3 rings (SSSR count). The fraction of sp³-hybridized carbons (Fsp3) is 0.727. The summed E-state index contributed by atoms with van der Waals surface area (Å²) in [5.41, 5.74) is 2.77. The summed E-state index contributed by atoms with van der Waals surface area (Å²) in [6.07, 6.45) is 6.53. The molecule has 15 heavy (non-hydrogen) atoms. The van der Waals surface area contributed by atoms with E-state index in [1.54, 1.807) is 0 Å². The third kappa shape index (κ3) is 1.48. The standard InChI is InChI=1S/C11H18N4/c1-3-11(4-7-12-5-1)10-9(2-6-15-11)13-8-14-10/h8,12,15H,1-7H2,(H,13,14). The summed E-state index contributed by atoms with van der Waals surface area (Å²) >= 11 is 0. The molecule has 1 spiro atoms. The quantitative estimate of drug-likeness (QED) is 0.580. The number of aromatic amines is 1. The van der Waals surface area contributed by atoms with Crippen molar-refractivity contribution < 1.29 is 0 Å². The Labute approximate surface area is 89.9 Å². The summed E-state index contributed by atoms with van der Waals surface area (Å²) in [5.74, 6) is 0. The van der Waals surface area contributed by atoms with E-state index >= 15 is 0 Å². The van der Waals surface area contributed by atoms with Crippen molar-refractivity contribution in [3.05, 3.63) is 17.7 Å². The number of imidazole rings is 1. The first-order chi connectivity index (χ1) is 7.41. The van der Waals surface area contributed by atoms with E-state index in [9.17, 15) is 0 Å². The highest BCUT2D eigenvalue weighted by Crippen LogP contribution is 2.34. The molecular weight excluding hydrogens is 188 g/mol. The van der Waals surface area contributed by atoms with Gasteiger partial charge in [-0.3, -0.25) is 0 Å². The van der Waals surface area contributed by atoms with Gasteiger partial charge in [0.25, 0.3) is 0 Å². The molecule has 2 aliphatic heterocycles. The van der Waals surface area contributed by atoms with Gasteiger partial charge < -0.3 is 15.6 Å². The Morgan fingerprint density at radius 2 is 2.20 bits per heavy atom. The molecule has 0 aromatic carbocycles. The Balaban J connectivity index is 1.98. The van der Waals surface area contributed by atoms with Crippen LogP contribution < -0.4 is 10.6 Å². The van der Waals surface area contributed by atoms with Crippen LogP contribution in [0.15, 0.2) is 6.33 Å². The predicted molar refractivity (Wildman–Crippen MR) is 58.7 cm³/mol. The molecule has 0 bridgehead atoms. The van der Waals surface area contributed by atoms with E-state index < -0.39 is 0 Å². The molecule has 0 saturated carbocycles. The lowest BCUT2D eigenvalue weighted by Gasteiger charge is -2.36. The van der Waals surface area contributed by atoms with Crippen molar-refractivity contribution >= 4 is 0 Å². The molecule has 1 atom stereocenters. The Morgan fingerprint density at radius 3 is 3.20 bits per heavy atom. The average Bonchev–Trinajstić information content (AvgIpc) is 2.62. The summed E-state index contributed by atoms with van der Waals surface area (Å²) < 4.78 is 0. The van der Waals surface area contributed by atoms with Crippen LogP contribution in [0.5, 0.6) is 0 Å². The van der Waals surface area contributed by atoms with E-state index in [-0.39, 0.29) is 5.54 Å². The van der Waals surface area contributed by atoms with Crippen LogP contribution in [-0.2, 0) is 12.0 Å². The van der Waals surface area contributed by atoms with Gasteiger partial charge in [-0.05, 0) is 32.4 Å². The van der Waals surface area contributed by atoms with E-state index in [4.69, 9.17) is 0 Å². The van der Waals surface area contributed by atoms with Gasteiger partial charge in [0.15, 0.2) is 0 Å². The molecule has 1 fully saturated rings. The van der Waals surface area contributed by atoms with Crippen LogP contribution in [0, 0.1) is 0 Å². The van der Waals surface area contributed by atoms with E-state index in [1.807, 2.05) is 6.33 Å². The zero-order valence-corrected chi connectivity index (χ0v) is 8.97. The Hall–Kier alpha value is -0.870. The van der Waals surface area contributed by atoms with Gasteiger partial charge in [-0.15, -0.1) is 0 Å². The predicted octanol–water partition coefficient (Wildman–Crippen LogP) is 0.524. The Bertz CT molecular complexity index is 336. The molecule has 1 aromatic rings. The van der Waals surface area contributed by atoms with Gasteiger partial charge in [0.05, 0.1) is 17.6 Å². The maximum Gasteiger partial charge on any atom is 0.0926 e. The minimum atomic E-state index is 0.150. The molecular formula is C11H18N4. The molecule has 4 heteroatoms. The highest BCUT2D eigenvalue weighted by Gasteiger charge is 2.38. The van der Waals surface area contributed by atoms with E-state index in [1.165, 1.54) is 24.2 Å². The van der Waals surface area contributed by atoms with Crippen molar-refractivity contribution in [2.45, 2.75) is 31.2 Å². The van der Waals surface area contributed by atoms with Crippen LogP contribution in [-0.4, -0.2) is 29.6 Å². The van der Waals surface area contributed by atoms with E-state index in [0.717, 1.165) is 32.5 Å². The van der Waals surface area contributed by atoms with Crippen molar-refractivity contribution in [3.63, 3.8) is 0 Å². The van der Waals surface area contributed by atoms with Crippen LogP contribution in [0.3, 0.4) is 0 Å². The Morgan fingerprint density at radius 1 is 1.20 bits per heavy atom. The highest BCUT2D eigenvalue weighted by atomic mass is 15.1. The summed E-state index contributed by atoms with van der Waals surface area (Å²) in [4.78, 5) is 7.81. The molecule has 1 saturated heterocycles. The molecule has 3 N–H and O–H groups in total. The monoisotopic (exact) mass is 206 g/mol. The first-order valence-corrected chi connectivity index (χ1v) is 5.89. The lowest BCUT2D eigenvalue weighted by atomic mass is 9.83. The summed E-state index contributed by atoms with van der Waals surface area (Å²) in [7, 11) is 0. The zero-order valence-electron chi connectivity index (χ0n) is 8.97. The fourth-order valence-electron chi connectivity index (χ4n) is 2.92. The minimum absolute atomic E-state index is 0.150. The first kappa shape index (κ1) is 9.36. The smallest absolute Gasteiger partial charge is 0.0926 e. The van der Waals surface area contributed by atoms with Crippen LogP contribution in [0.2, 0.25) is 0 Å². The highest BCUT2D eigenvalue weighted by molar-refractivity contribution is 5.25. The van der Waals surface area contributed by atoms with Gasteiger partial charge in [0, 0.05) is 18.7 Å². The van der Waals surface area contributed by atoms with Crippen molar-refractivity contribution in [2.24, 2.45) is 0 Å². The Kier molecular flexibility index (Phi) is 2.25. The number of aromatic nitrogens is 2. The van der Waals surface area contributed by atoms with Crippen molar-refractivity contribution in [2.75, 3.05) is 19.6 Å². The largest absolute Gasteiger partial charge is 0.348 e. The number of fused-ring (bicyclic) bond motifs is 2. The number of hydrogen-bond donors (Lipinski definition) is 3. The van der Waals surface area contributed by atoms with Gasteiger partial charge in [-0.25, -0.2) is 4.98 Å². The second-order valence-corrected chi connectivity index (χ2v) is 4.59. The third-order valence-electron chi connectivity index (χ3n) is 3.70. The molecule has 3 heterocycles. The minimum Gasteiger partial charge on any atom is -0.348 e. The van der Waals surface area contributed by atoms with Crippen LogP contribution in [0.25, 0.3) is 0 Å². The number of nitrogens with zero attached hydrogens (tertiary/aromatic N) is 1. The number of hydrogen-bond acceptors (Lipinski definition) is 3. The second-order valence-electron chi connectivity index (χ2n) is 4.59. The molecule has 1 aromatic heterocycles. The number of rotatable bonds is 0. The fourth-order valence-corrected chi connectivity index (χ4v) is 2.92. The topological polar surface area (TPSA) is 52.7 Å². The van der Waals surface area contributed by atoms with Crippen LogP contribution in [0.1, 0.15) is 30.7 Å². The molecule has 0 aliphatic carbocycles. The maximum atomic E-state index is 4.53. The molecule has 2 aliphatic rings. The van der Waals surface area contributed by atoms with Gasteiger partial charge in [0.1, 0.15) is 0 Å². The van der Waals surface area contributed by atoms with Crippen LogP contribution in [0.4, 0.5) is 0 Å². The van der Waals surface area contributed by atoms with Crippen molar-refractivity contribution in [1.82, 2.24) is 20.6 Å². The summed E-state index contributed by atoms with van der Waals surface area (Å²) in [6, 6.07) is 0. The number of nitrogens with one attached hydrogen (secondary N) is 3. The average molecular weight is 206 g/mol. The summed E-state index contributed by atoms with van der Waals surface area (Å²) in [6.45, 7) is 3.32. The van der Waals surface area contributed by atoms with Crippen molar-refractivity contribution in [1.29, 1.82) is 0 Å².